The van der Waals surface area contributed by atoms with Gasteiger partial charge in [0.15, 0.2) is 0 Å². The van der Waals surface area contributed by atoms with E-state index in [9.17, 15) is 22.4 Å². The van der Waals surface area contributed by atoms with Gasteiger partial charge >= 0.3 is 0 Å². The molecule has 2 aromatic rings. The maximum absolute atomic E-state index is 12.9. The molecule has 0 aliphatic heterocycles. The molecule has 0 fully saturated rings. The van der Waals surface area contributed by atoms with Crippen LogP contribution in [0.4, 0.5) is 4.39 Å². The van der Waals surface area contributed by atoms with Gasteiger partial charge in [0.25, 0.3) is 5.91 Å². The van der Waals surface area contributed by atoms with Gasteiger partial charge in [0, 0.05) is 17.8 Å². The van der Waals surface area contributed by atoms with Crippen LogP contribution in [0.2, 0.25) is 0 Å². The van der Waals surface area contributed by atoms with Crippen molar-refractivity contribution in [3.05, 3.63) is 51.5 Å². The first-order valence-corrected chi connectivity index (χ1v) is 11.6. The number of hydrogen-bond donors (Lipinski definition) is 3. The number of sulfonamides is 1. The molecule has 0 spiro atoms. The number of amides is 2. The number of fused-ring (bicyclic) bond motifs is 1. The third-order valence-corrected chi connectivity index (χ3v) is 7.25. The molecule has 0 unspecified atom stereocenters. The molecule has 0 saturated heterocycles. The predicted molar refractivity (Wildman–Crippen MR) is 107 cm³/mol. The first kappa shape index (κ1) is 21.4. The predicted octanol–water partition coefficient (Wildman–Crippen LogP) is 2.29. The van der Waals surface area contributed by atoms with Gasteiger partial charge in [0.2, 0.25) is 15.9 Å². The van der Waals surface area contributed by atoms with Crippen LogP contribution in [0.25, 0.3) is 0 Å². The van der Waals surface area contributed by atoms with Gasteiger partial charge in [0.05, 0.1) is 9.77 Å². The zero-order valence-electron chi connectivity index (χ0n) is 15.7. The topological polar surface area (TPSA) is 104 Å². The van der Waals surface area contributed by atoms with Crippen LogP contribution >= 0.6 is 11.3 Å². The Morgan fingerprint density at radius 1 is 1.07 bits per heavy atom. The number of carbonyl (C=O) groups excluding carboxylic acids is 2. The van der Waals surface area contributed by atoms with Gasteiger partial charge in [-0.3, -0.25) is 20.4 Å². The number of benzene rings is 1. The highest BCUT2D eigenvalue weighted by Crippen LogP contribution is 2.29. The molecule has 0 radical (unpaired) electrons. The zero-order chi connectivity index (χ0) is 20.9. The van der Waals surface area contributed by atoms with Crippen LogP contribution < -0.4 is 15.6 Å². The summed E-state index contributed by atoms with van der Waals surface area (Å²) in [5.41, 5.74) is 5.95. The third-order valence-electron chi connectivity index (χ3n) is 4.53. The van der Waals surface area contributed by atoms with Crippen LogP contribution in [0.5, 0.6) is 0 Å². The van der Waals surface area contributed by atoms with Crippen LogP contribution in [-0.2, 0) is 27.7 Å². The average Bonchev–Trinajstić information content (AvgIpc) is 3.14. The Kier molecular flexibility index (Phi) is 6.99. The molecule has 1 aliphatic carbocycles. The molecule has 29 heavy (non-hydrogen) atoms. The highest BCUT2D eigenvalue weighted by molar-refractivity contribution is 7.89. The summed E-state index contributed by atoms with van der Waals surface area (Å²) in [6.07, 6.45) is 4.53. The van der Waals surface area contributed by atoms with Crippen LogP contribution in [0, 0.1) is 5.82 Å². The summed E-state index contributed by atoms with van der Waals surface area (Å²) in [4.78, 5) is 25.8. The Morgan fingerprint density at radius 2 is 1.79 bits per heavy atom. The van der Waals surface area contributed by atoms with E-state index in [2.05, 4.69) is 15.6 Å². The lowest BCUT2D eigenvalue weighted by Crippen LogP contribution is -2.41. The van der Waals surface area contributed by atoms with Gasteiger partial charge in [0.1, 0.15) is 5.82 Å². The molecule has 3 rings (SSSR count). The Labute approximate surface area is 172 Å². The van der Waals surface area contributed by atoms with Gasteiger partial charge in [-0.25, -0.2) is 17.5 Å². The van der Waals surface area contributed by atoms with Gasteiger partial charge in [-0.1, -0.05) is 0 Å². The third kappa shape index (κ3) is 5.84. The Morgan fingerprint density at radius 3 is 2.52 bits per heavy atom. The van der Waals surface area contributed by atoms with Gasteiger partial charge in [-0.15, -0.1) is 11.3 Å². The molecule has 0 saturated carbocycles. The van der Waals surface area contributed by atoms with Crippen LogP contribution in [0.3, 0.4) is 0 Å². The molecular weight excluding hydrogens is 417 g/mol. The molecule has 0 bridgehead atoms. The number of hydrazine groups is 1. The SMILES string of the molecule is O=C(CCCNS(=O)(=O)c1ccc(F)cc1)NNC(=O)c1cc2c(s1)CCCC2. The summed E-state index contributed by atoms with van der Waals surface area (Å²) < 4.78 is 39.3. The van der Waals surface area contributed by atoms with E-state index in [1.807, 2.05) is 6.07 Å². The number of halogens is 1. The molecular formula is C19H22FN3O4S2. The summed E-state index contributed by atoms with van der Waals surface area (Å²) >= 11 is 1.45. The maximum atomic E-state index is 12.9. The Hall–Kier alpha value is -2.30. The Bertz CT molecular complexity index is 964. The molecule has 156 valence electrons. The van der Waals surface area contributed by atoms with Crippen molar-refractivity contribution in [3.8, 4) is 0 Å². The normalized spacial score (nSPS) is 13.6. The fourth-order valence-corrected chi connectivity index (χ4v) is 5.23. The number of hydrogen-bond acceptors (Lipinski definition) is 5. The molecule has 0 atom stereocenters. The standard InChI is InChI=1S/C19H22FN3O4S2/c20-14-7-9-15(10-8-14)29(26,27)21-11-3-6-18(24)22-23-19(25)17-12-13-4-1-2-5-16(13)28-17/h7-10,12,21H,1-6,11H2,(H,22,24)(H,23,25). The summed E-state index contributed by atoms with van der Waals surface area (Å²) in [6.45, 7) is 0.0404. The average molecular weight is 440 g/mol. The van der Waals surface area contributed by atoms with E-state index in [-0.39, 0.29) is 30.2 Å². The fourth-order valence-electron chi connectivity index (χ4n) is 3.01. The van der Waals surface area contributed by atoms with Crippen molar-refractivity contribution < 1.29 is 22.4 Å². The molecule has 7 nitrogen and oxygen atoms in total. The second kappa shape index (κ2) is 9.47. The van der Waals surface area contributed by atoms with Crippen molar-refractivity contribution in [1.82, 2.24) is 15.6 Å². The fraction of sp³-hybridized carbons (Fsp3) is 0.368. The first-order chi connectivity index (χ1) is 13.8. The molecule has 3 N–H and O–H groups in total. The lowest BCUT2D eigenvalue weighted by atomic mass is 9.99. The largest absolute Gasteiger partial charge is 0.279 e. The highest BCUT2D eigenvalue weighted by Gasteiger charge is 2.18. The molecule has 1 aliphatic rings. The summed E-state index contributed by atoms with van der Waals surface area (Å²) in [5.74, 6) is -1.29. The van der Waals surface area contributed by atoms with Crippen molar-refractivity contribution in [2.24, 2.45) is 0 Å². The summed E-state index contributed by atoms with van der Waals surface area (Å²) in [5, 5.41) is 0. The molecule has 1 aromatic heterocycles. The second-order valence-electron chi connectivity index (χ2n) is 6.72. The van der Waals surface area contributed by atoms with Gasteiger partial charge in [-0.05, 0) is 68.0 Å². The minimum absolute atomic E-state index is 0.0349. The van der Waals surface area contributed by atoms with Crippen molar-refractivity contribution in [3.63, 3.8) is 0 Å². The van der Waals surface area contributed by atoms with E-state index in [1.54, 1.807) is 0 Å². The number of thiophene rings is 1. The minimum atomic E-state index is -3.76. The van der Waals surface area contributed by atoms with Crippen molar-refractivity contribution in [1.29, 1.82) is 0 Å². The quantitative estimate of drug-likeness (QED) is 0.455. The second-order valence-corrected chi connectivity index (χ2v) is 9.63. The lowest BCUT2D eigenvalue weighted by Gasteiger charge is -2.08. The summed E-state index contributed by atoms with van der Waals surface area (Å²) in [7, 11) is -3.76. The Balaban J connectivity index is 1.38. The number of nitrogens with one attached hydrogen (secondary N) is 3. The van der Waals surface area contributed by atoms with E-state index < -0.39 is 21.7 Å². The smallest absolute Gasteiger partial charge is 0.273 e. The number of rotatable bonds is 7. The van der Waals surface area contributed by atoms with E-state index in [1.165, 1.54) is 33.9 Å². The van der Waals surface area contributed by atoms with E-state index in [0.717, 1.165) is 37.8 Å². The zero-order valence-corrected chi connectivity index (χ0v) is 17.3. The van der Waals surface area contributed by atoms with Gasteiger partial charge < -0.3 is 0 Å². The van der Waals surface area contributed by atoms with E-state index in [4.69, 9.17) is 0 Å². The highest BCUT2D eigenvalue weighted by atomic mass is 32.2. The number of aryl methyl sites for hydroxylation is 2. The summed E-state index contributed by atoms with van der Waals surface area (Å²) in [6, 6.07) is 6.35. The first-order valence-electron chi connectivity index (χ1n) is 9.31. The van der Waals surface area contributed by atoms with Gasteiger partial charge in [-0.2, -0.15) is 0 Å². The molecule has 10 heteroatoms. The minimum Gasteiger partial charge on any atom is -0.273 e. The maximum Gasteiger partial charge on any atom is 0.279 e. The van der Waals surface area contributed by atoms with Crippen LogP contribution in [-0.4, -0.2) is 26.8 Å². The van der Waals surface area contributed by atoms with Crippen LogP contribution in [0.15, 0.2) is 35.2 Å². The van der Waals surface area contributed by atoms with E-state index in [0.29, 0.717) is 4.88 Å². The van der Waals surface area contributed by atoms with Crippen LogP contribution in [0.1, 0.15) is 45.8 Å². The van der Waals surface area contributed by atoms with E-state index >= 15 is 0 Å². The van der Waals surface area contributed by atoms with Crippen molar-refractivity contribution in [2.45, 2.75) is 43.4 Å². The molecule has 2 amide bonds. The molecule has 1 aromatic carbocycles. The number of carbonyl (C=O) groups is 2. The van der Waals surface area contributed by atoms with Crippen molar-refractivity contribution >= 4 is 33.2 Å². The monoisotopic (exact) mass is 439 g/mol. The van der Waals surface area contributed by atoms with Crippen molar-refractivity contribution in [2.75, 3.05) is 6.54 Å². The lowest BCUT2D eigenvalue weighted by molar-refractivity contribution is -0.121. The molecule has 1 heterocycles.